The zero-order valence-corrected chi connectivity index (χ0v) is 12.8. The molecule has 1 aliphatic heterocycles. The molecule has 2 nitrogen and oxygen atoms in total. The van der Waals surface area contributed by atoms with Crippen LogP contribution >= 0.6 is 11.6 Å². The first-order valence-electron chi connectivity index (χ1n) is 7.60. The summed E-state index contributed by atoms with van der Waals surface area (Å²) in [5.41, 5.74) is 2.52. The topological polar surface area (TPSA) is 24.1 Å². The quantitative estimate of drug-likeness (QED) is 0.894. The van der Waals surface area contributed by atoms with E-state index in [0.29, 0.717) is 12.1 Å². The summed E-state index contributed by atoms with van der Waals surface area (Å²) in [6, 6.07) is 19.6. The molecule has 0 bridgehead atoms. The molecular formula is C18H21ClN2. The molecule has 2 N–H and O–H groups in total. The smallest absolute Gasteiger partial charge is 0.0476 e. The standard InChI is InChI=1S/C18H21ClN2/c19-16-10-5-4-9-15(16)13-21-17-11-6-12-20-18(17)14-7-2-1-3-8-14/h1-5,7-10,17-18,20-21H,6,11-13H2/t17-,18+/m0/s1. The Morgan fingerprint density at radius 3 is 2.62 bits per heavy atom. The van der Waals surface area contributed by atoms with Crippen LogP contribution in [0.4, 0.5) is 0 Å². The first-order valence-corrected chi connectivity index (χ1v) is 7.97. The van der Waals surface area contributed by atoms with Gasteiger partial charge < -0.3 is 10.6 Å². The average molecular weight is 301 g/mol. The third kappa shape index (κ3) is 3.65. The lowest BCUT2D eigenvalue weighted by atomic mass is 9.92. The van der Waals surface area contributed by atoms with Crippen molar-refractivity contribution in [1.82, 2.24) is 10.6 Å². The van der Waals surface area contributed by atoms with Gasteiger partial charge >= 0.3 is 0 Å². The largest absolute Gasteiger partial charge is 0.309 e. The molecule has 1 fully saturated rings. The molecule has 1 heterocycles. The lowest BCUT2D eigenvalue weighted by Gasteiger charge is -2.34. The van der Waals surface area contributed by atoms with Crippen molar-refractivity contribution >= 4 is 11.6 Å². The van der Waals surface area contributed by atoms with Gasteiger partial charge in [0.25, 0.3) is 0 Å². The highest BCUT2D eigenvalue weighted by Crippen LogP contribution is 2.24. The van der Waals surface area contributed by atoms with Crippen LogP contribution in [0.1, 0.15) is 30.0 Å². The Labute approximate surface area is 131 Å². The van der Waals surface area contributed by atoms with Crippen molar-refractivity contribution < 1.29 is 0 Å². The predicted molar refractivity (Wildman–Crippen MR) is 88.5 cm³/mol. The normalized spacial score (nSPS) is 22.1. The second kappa shape index (κ2) is 7.08. The molecule has 2 aromatic carbocycles. The molecule has 110 valence electrons. The number of rotatable bonds is 4. The number of hydrogen-bond acceptors (Lipinski definition) is 2. The van der Waals surface area contributed by atoms with Gasteiger partial charge in [-0.1, -0.05) is 60.1 Å². The van der Waals surface area contributed by atoms with E-state index in [2.05, 4.69) is 47.0 Å². The van der Waals surface area contributed by atoms with Crippen molar-refractivity contribution in [1.29, 1.82) is 0 Å². The average Bonchev–Trinajstić information content (AvgIpc) is 2.55. The second-order valence-corrected chi connectivity index (χ2v) is 5.97. The fraction of sp³-hybridized carbons (Fsp3) is 0.333. The van der Waals surface area contributed by atoms with Crippen LogP contribution in [-0.4, -0.2) is 12.6 Å². The molecule has 21 heavy (non-hydrogen) atoms. The van der Waals surface area contributed by atoms with Crippen LogP contribution in [0.2, 0.25) is 5.02 Å². The fourth-order valence-corrected chi connectivity index (χ4v) is 3.20. The SMILES string of the molecule is Clc1ccccc1CN[C@H]1CCCN[C@@H]1c1ccccc1. The van der Waals surface area contributed by atoms with Gasteiger partial charge in [-0.25, -0.2) is 0 Å². The van der Waals surface area contributed by atoms with Gasteiger partial charge in [0.05, 0.1) is 0 Å². The minimum atomic E-state index is 0.377. The van der Waals surface area contributed by atoms with E-state index in [0.717, 1.165) is 23.7 Å². The van der Waals surface area contributed by atoms with Crippen molar-refractivity contribution in [3.05, 3.63) is 70.7 Å². The van der Waals surface area contributed by atoms with E-state index in [1.807, 2.05) is 18.2 Å². The van der Waals surface area contributed by atoms with Gasteiger partial charge in [0.2, 0.25) is 0 Å². The Balaban J connectivity index is 1.69. The maximum Gasteiger partial charge on any atom is 0.0476 e. The summed E-state index contributed by atoms with van der Waals surface area (Å²) in [5, 5.41) is 8.16. The van der Waals surface area contributed by atoms with Gasteiger partial charge in [-0.3, -0.25) is 0 Å². The van der Waals surface area contributed by atoms with E-state index in [4.69, 9.17) is 11.6 Å². The van der Waals surface area contributed by atoms with Crippen LogP contribution in [0, 0.1) is 0 Å². The van der Waals surface area contributed by atoms with Gasteiger partial charge in [-0.15, -0.1) is 0 Å². The van der Waals surface area contributed by atoms with Crippen molar-refractivity contribution in [3.63, 3.8) is 0 Å². The van der Waals surface area contributed by atoms with E-state index < -0.39 is 0 Å². The van der Waals surface area contributed by atoms with Crippen molar-refractivity contribution in [2.24, 2.45) is 0 Å². The number of halogens is 1. The zero-order valence-electron chi connectivity index (χ0n) is 12.1. The third-order valence-corrected chi connectivity index (χ3v) is 4.50. The fourth-order valence-electron chi connectivity index (χ4n) is 3.00. The molecule has 2 aromatic rings. The molecule has 0 unspecified atom stereocenters. The Kier molecular flexibility index (Phi) is 4.91. The monoisotopic (exact) mass is 300 g/mol. The van der Waals surface area contributed by atoms with E-state index >= 15 is 0 Å². The zero-order chi connectivity index (χ0) is 14.5. The van der Waals surface area contributed by atoms with Crippen LogP contribution < -0.4 is 10.6 Å². The molecule has 0 aliphatic carbocycles. The van der Waals surface area contributed by atoms with E-state index in [-0.39, 0.29) is 0 Å². The summed E-state index contributed by atoms with van der Waals surface area (Å²) in [7, 11) is 0. The lowest BCUT2D eigenvalue weighted by molar-refractivity contribution is 0.304. The highest BCUT2D eigenvalue weighted by Gasteiger charge is 2.25. The molecule has 1 aliphatic rings. The van der Waals surface area contributed by atoms with E-state index in [1.165, 1.54) is 18.4 Å². The minimum Gasteiger partial charge on any atom is -0.309 e. The number of nitrogens with one attached hydrogen (secondary N) is 2. The Morgan fingerprint density at radius 2 is 1.81 bits per heavy atom. The third-order valence-electron chi connectivity index (χ3n) is 4.13. The number of piperidine rings is 1. The molecular weight excluding hydrogens is 280 g/mol. The van der Waals surface area contributed by atoms with Gasteiger partial charge in [0.15, 0.2) is 0 Å². The number of benzene rings is 2. The van der Waals surface area contributed by atoms with E-state index in [9.17, 15) is 0 Å². The molecule has 0 aromatic heterocycles. The maximum absolute atomic E-state index is 6.24. The first kappa shape index (κ1) is 14.6. The molecule has 3 heteroatoms. The van der Waals surface area contributed by atoms with Crippen LogP contribution in [0.5, 0.6) is 0 Å². The Morgan fingerprint density at radius 1 is 1.05 bits per heavy atom. The molecule has 0 amide bonds. The summed E-state index contributed by atoms with van der Waals surface area (Å²) in [4.78, 5) is 0. The van der Waals surface area contributed by atoms with Crippen LogP contribution in [0.3, 0.4) is 0 Å². The Hall–Kier alpha value is -1.35. The van der Waals surface area contributed by atoms with Gasteiger partial charge in [0.1, 0.15) is 0 Å². The van der Waals surface area contributed by atoms with Gasteiger partial charge in [-0.05, 0) is 36.6 Å². The summed E-state index contributed by atoms with van der Waals surface area (Å²) < 4.78 is 0. The summed E-state index contributed by atoms with van der Waals surface area (Å²) in [6.45, 7) is 1.90. The van der Waals surface area contributed by atoms with Crippen molar-refractivity contribution in [2.45, 2.75) is 31.5 Å². The molecule has 0 spiro atoms. The lowest BCUT2D eigenvalue weighted by Crippen LogP contribution is -2.45. The minimum absolute atomic E-state index is 0.377. The summed E-state index contributed by atoms with van der Waals surface area (Å²) in [5.74, 6) is 0. The molecule has 0 radical (unpaired) electrons. The Bertz CT molecular complexity index is 570. The second-order valence-electron chi connectivity index (χ2n) is 5.56. The predicted octanol–water partition coefficient (Wildman–Crippen LogP) is 3.92. The van der Waals surface area contributed by atoms with Crippen LogP contribution in [0.25, 0.3) is 0 Å². The molecule has 2 atom stereocenters. The molecule has 1 saturated heterocycles. The van der Waals surface area contributed by atoms with E-state index in [1.54, 1.807) is 0 Å². The highest BCUT2D eigenvalue weighted by molar-refractivity contribution is 6.31. The van der Waals surface area contributed by atoms with Gasteiger partial charge in [-0.2, -0.15) is 0 Å². The summed E-state index contributed by atoms with van der Waals surface area (Å²) >= 11 is 6.24. The first-order chi connectivity index (χ1) is 10.3. The molecule has 0 saturated carbocycles. The van der Waals surface area contributed by atoms with Crippen LogP contribution in [-0.2, 0) is 6.54 Å². The summed E-state index contributed by atoms with van der Waals surface area (Å²) in [6.07, 6.45) is 2.40. The number of hydrogen-bond donors (Lipinski definition) is 2. The van der Waals surface area contributed by atoms with Crippen LogP contribution in [0.15, 0.2) is 54.6 Å². The van der Waals surface area contributed by atoms with Crippen molar-refractivity contribution in [2.75, 3.05) is 6.54 Å². The maximum atomic E-state index is 6.24. The van der Waals surface area contributed by atoms with Crippen molar-refractivity contribution in [3.8, 4) is 0 Å². The molecule has 3 rings (SSSR count). The highest BCUT2D eigenvalue weighted by atomic mass is 35.5. The van der Waals surface area contributed by atoms with Gasteiger partial charge in [0, 0.05) is 23.7 Å².